The standard InChI is InChI=1S/C23H15NO8/c1-2-5-24-23(31)19-18-17(8-16(27)22(19)30)32-9-13(21(18)29)11-4-3-10-6-14(25)15(26)7-12(10)20(11)28/h1,4,6-9,25-27,30H,3,5H2,(H,24,31). The number of Topliss-reactive ketones (excluding diaryl/α,β-unsaturated/α-hetero) is 1. The molecule has 0 fully saturated rings. The molecular formula is C23H15NO8. The normalized spacial score (nSPS) is 12.7. The molecule has 0 spiro atoms. The van der Waals surface area contributed by atoms with Crippen LogP contribution >= 0.6 is 0 Å². The maximum Gasteiger partial charge on any atom is 0.256 e. The third-order valence-corrected chi connectivity index (χ3v) is 5.10. The highest BCUT2D eigenvalue weighted by atomic mass is 16.3. The molecule has 5 N–H and O–H groups in total. The molecule has 2 aromatic carbocycles. The Balaban J connectivity index is 1.92. The number of amides is 1. The van der Waals surface area contributed by atoms with Crippen LogP contribution in [0, 0.1) is 12.3 Å². The van der Waals surface area contributed by atoms with Gasteiger partial charge in [-0.05, 0) is 24.1 Å². The summed E-state index contributed by atoms with van der Waals surface area (Å²) < 4.78 is 5.41. The lowest BCUT2D eigenvalue weighted by Crippen LogP contribution is -2.26. The Bertz CT molecular complexity index is 1460. The van der Waals surface area contributed by atoms with Crippen molar-refractivity contribution in [2.45, 2.75) is 6.42 Å². The monoisotopic (exact) mass is 433 g/mol. The van der Waals surface area contributed by atoms with Crippen molar-refractivity contribution in [2.75, 3.05) is 6.54 Å². The summed E-state index contributed by atoms with van der Waals surface area (Å²) in [5, 5.41) is 41.6. The molecule has 32 heavy (non-hydrogen) atoms. The lowest BCUT2D eigenvalue weighted by molar-refractivity contribution is 0.0956. The number of hydrogen-bond donors (Lipinski definition) is 5. The van der Waals surface area contributed by atoms with Crippen LogP contribution in [0.3, 0.4) is 0 Å². The predicted octanol–water partition coefficient (Wildman–Crippen LogP) is 1.80. The van der Waals surface area contributed by atoms with Gasteiger partial charge in [0.25, 0.3) is 5.91 Å². The van der Waals surface area contributed by atoms with Gasteiger partial charge >= 0.3 is 0 Å². The number of benzene rings is 2. The summed E-state index contributed by atoms with van der Waals surface area (Å²) in [7, 11) is 0. The van der Waals surface area contributed by atoms with E-state index in [1.54, 1.807) is 0 Å². The van der Waals surface area contributed by atoms with Gasteiger partial charge in [-0.1, -0.05) is 12.0 Å². The molecule has 0 saturated heterocycles. The van der Waals surface area contributed by atoms with E-state index in [1.165, 1.54) is 12.1 Å². The third-order valence-electron chi connectivity index (χ3n) is 5.10. The number of phenolic OH excluding ortho intramolecular Hbond substituents is 4. The van der Waals surface area contributed by atoms with E-state index < -0.39 is 39.9 Å². The van der Waals surface area contributed by atoms with Gasteiger partial charge in [0.2, 0.25) is 5.43 Å². The number of nitrogens with one attached hydrogen (secondary N) is 1. The van der Waals surface area contributed by atoms with Crippen LogP contribution in [-0.2, 0) is 6.42 Å². The van der Waals surface area contributed by atoms with E-state index in [0.717, 1.165) is 18.4 Å². The van der Waals surface area contributed by atoms with Gasteiger partial charge in [-0.25, -0.2) is 0 Å². The largest absolute Gasteiger partial charge is 0.504 e. The first-order valence-corrected chi connectivity index (χ1v) is 9.26. The van der Waals surface area contributed by atoms with Crippen molar-refractivity contribution in [1.82, 2.24) is 5.32 Å². The topological polar surface area (TPSA) is 157 Å². The van der Waals surface area contributed by atoms with Gasteiger partial charge in [0, 0.05) is 17.2 Å². The van der Waals surface area contributed by atoms with Gasteiger partial charge in [0.05, 0.1) is 23.1 Å². The quantitative estimate of drug-likeness (QED) is 0.309. The van der Waals surface area contributed by atoms with Crippen LogP contribution in [0.1, 0.15) is 31.8 Å². The van der Waals surface area contributed by atoms with Crippen molar-refractivity contribution >= 4 is 28.2 Å². The van der Waals surface area contributed by atoms with Crippen LogP contribution in [0.2, 0.25) is 0 Å². The van der Waals surface area contributed by atoms with E-state index in [0.29, 0.717) is 5.56 Å². The molecule has 1 aliphatic carbocycles. The first kappa shape index (κ1) is 20.6. The second kappa shape index (κ2) is 7.52. The third kappa shape index (κ3) is 3.11. The molecule has 4 rings (SSSR count). The second-order valence-corrected chi connectivity index (χ2v) is 7.01. The summed E-state index contributed by atoms with van der Waals surface area (Å²) in [6.07, 6.45) is 7.77. The van der Waals surface area contributed by atoms with Crippen LogP contribution in [-0.4, -0.2) is 38.7 Å². The number of rotatable bonds is 3. The maximum absolute atomic E-state index is 13.3. The zero-order valence-corrected chi connectivity index (χ0v) is 16.3. The summed E-state index contributed by atoms with van der Waals surface area (Å²) in [5.74, 6) is -1.73. The smallest absolute Gasteiger partial charge is 0.256 e. The summed E-state index contributed by atoms with van der Waals surface area (Å²) in [5.41, 5.74) is -1.20. The van der Waals surface area contributed by atoms with Crippen LogP contribution in [0.4, 0.5) is 0 Å². The molecule has 1 aromatic heterocycles. The van der Waals surface area contributed by atoms with Crippen LogP contribution in [0.15, 0.2) is 39.7 Å². The molecule has 160 valence electrons. The van der Waals surface area contributed by atoms with Gasteiger partial charge < -0.3 is 30.2 Å². The minimum atomic E-state index is -0.916. The minimum absolute atomic E-state index is 0.0409. The molecule has 9 nitrogen and oxygen atoms in total. The van der Waals surface area contributed by atoms with Crippen molar-refractivity contribution in [3.8, 4) is 35.3 Å². The Kier molecular flexibility index (Phi) is 4.83. The van der Waals surface area contributed by atoms with E-state index in [9.17, 15) is 34.8 Å². The SMILES string of the molecule is C#CCNC(=O)c1c(O)c(O)cc2occ(C3=CCc4cc(O)c(O)cc4C3=O)c(=O)c12. The Morgan fingerprint density at radius 2 is 1.78 bits per heavy atom. The Hall–Kier alpha value is -4.71. The van der Waals surface area contributed by atoms with Crippen LogP contribution in [0.5, 0.6) is 23.0 Å². The maximum atomic E-state index is 13.3. The van der Waals surface area contributed by atoms with E-state index in [2.05, 4.69) is 11.2 Å². The molecule has 0 bridgehead atoms. The van der Waals surface area contributed by atoms with E-state index in [1.807, 2.05) is 0 Å². The average Bonchev–Trinajstić information content (AvgIpc) is 2.76. The lowest BCUT2D eigenvalue weighted by Gasteiger charge is -2.17. The number of allylic oxidation sites excluding steroid dienone is 2. The molecule has 0 atom stereocenters. The molecule has 3 aromatic rings. The molecule has 1 amide bonds. The average molecular weight is 433 g/mol. The van der Waals surface area contributed by atoms with E-state index in [4.69, 9.17) is 10.8 Å². The van der Waals surface area contributed by atoms with Crippen molar-refractivity contribution in [3.63, 3.8) is 0 Å². The Morgan fingerprint density at radius 1 is 1.06 bits per heavy atom. The Morgan fingerprint density at radius 3 is 2.50 bits per heavy atom. The number of aromatic hydroxyl groups is 4. The molecule has 0 saturated carbocycles. The van der Waals surface area contributed by atoms with Crippen molar-refractivity contribution < 1.29 is 34.4 Å². The number of carbonyl (C=O) groups excluding carboxylic acids is 2. The number of phenols is 4. The summed E-state index contributed by atoms with van der Waals surface area (Å²) in [4.78, 5) is 38.9. The fraction of sp³-hybridized carbons (Fsp3) is 0.0870. The van der Waals surface area contributed by atoms with Crippen molar-refractivity contribution in [3.05, 3.63) is 63.0 Å². The van der Waals surface area contributed by atoms with Crippen LogP contribution < -0.4 is 10.7 Å². The minimum Gasteiger partial charge on any atom is -0.504 e. The molecule has 1 aliphatic rings. The molecule has 0 radical (unpaired) electrons. The molecular weight excluding hydrogens is 418 g/mol. The molecule has 0 aliphatic heterocycles. The molecule has 1 heterocycles. The number of hydrogen-bond acceptors (Lipinski definition) is 8. The highest BCUT2D eigenvalue weighted by Crippen LogP contribution is 2.37. The fourth-order valence-electron chi connectivity index (χ4n) is 3.57. The zero-order valence-electron chi connectivity index (χ0n) is 16.3. The predicted molar refractivity (Wildman–Crippen MR) is 113 cm³/mol. The molecule has 9 heteroatoms. The highest BCUT2D eigenvalue weighted by molar-refractivity contribution is 6.30. The number of ketones is 1. The summed E-state index contributed by atoms with van der Waals surface area (Å²) in [6, 6.07) is 3.33. The number of carbonyl (C=O) groups is 2. The second-order valence-electron chi connectivity index (χ2n) is 7.01. The fourth-order valence-corrected chi connectivity index (χ4v) is 3.57. The molecule has 0 unspecified atom stereocenters. The van der Waals surface area contributed by atoms with Gasteiger partial charge in [0.1, 0.15) is 11.8 Å². The number of fused-ring (bicyclic) bond motifs is 2. The zero-order chi connectivity index (χ0) is 23.2. The van der Waals surface area contributed by atoms with Gasteiger partial charge in [-0.2, -0.15) is 0 Å². The van der Waals surface area contributed by atoms with E-state index >= 15 is 0 Å². The van der Waals surface area contributed by atoms with Gasteiger partial charge in [-0.3, -0.25) is 14.4 Å². The highest BCUT2D eigenvalue weighted by Gasteiger charge is 2.28. The first-order valence-electron chi connectivity index (χ1n) is 9.26. The van der Waals surface area contributed by atoms with Gasteiger partial charge in [0.15, 0.2) is 28.8 Å². The van der Waals surface area contributed by atoms with Crippen molar-refractivity contribution in [2.24, 2.45) is 0 Å². The van der Waals surface area contributed by atoms with Crippen molar-refractivity contribution in [1.29, 1.82) is 0 Å². The summed E-state index contributed by atoms with van der Waals surface area (Å²) in [6.45, 7) is -0.197. The summed E-state index contributed by atoms with van der Waals surface area (Å²) >= 11 is 0. The lowest BCUT2D eigenvalue weighted by atomic mass is 9.86. The van der Waals surface area contributed by atoms with Gasteiger partial charge in [-0.15, -0.1) is 6.42 Å². The number of terminal acetylenes is 1. The first-order chi connectivity index (χ1) is 15.2. The Labute approximate surface area is 179 Å². The van der Waals surface area contributed by atoms with E-state index in [-0.39, 0.29) is 46.4 Å². The van der Waals surface area contributed by atoms with Crippen LogP contribution in [0.25, 0.3) is 16.5 Å².